The van der Waals surface area contributed by atoms with E-state index in [1.807, 2.05) is 6.07 Å². The molecule has 0 aliphatic rings. The van der Waals surface area contributed by atoms with Crippen LogP contribution < -0.4 is 4.72 Å². The highest BCUT2D eigenvalue weighted by Crippen LogP contribution is 2.22. The molecule has 0 aliphatic carbocycles. The second-order valence-corrected chi connectivity index (χ2v) is 7.44. The first-order valence-electron chi connectivity index (χ1n) is 5.45. The van der Waals surface area contributed by atoms with Crippen molar-refractivity contribution in [3.63, 3.8) is 0 Å². The quantitative estimate of drug-likeness (QED) is 0.841. The van der Waals surface area contributed by atoms with Crippen LogP contribution in [-0.2, 0) is 16.6 Å². The number of halogens is 1. The van der Waals surface area contributed by atoms with Crippen LogP contribution in [0.3, 0.4) is 0 Å². The van der Waals surface area contributed by atoms with Crippen molar-refractivity contribution in [2.24, 2.45) is 0 Å². The van der Waals surface area contributed by atoms with Crippen molar-refractivity contribution in [1.29, 1.82) is 0 Å². The highest BCUT2D eigenvalue weighted by Gasteiger charge is 2.23. The van der Waals surface area contributed by atoms with Crippen molar-refractivity contribution in [2.75, 3.05) is 0 Å². The summed E-state index contributed by atoms with van der Waals surface area (Å²) in [6.45, 7) is 0.0939. The summed E-state index contributed by atoms with van der Waals surface area (Å²) in [4.78, 5) is 10.6. The zero-order chi connectivity index (χ0) is 14.8. The Morgan fingerprint density at radius 2 is 2.10 bits per heavy atom. The fourth-order valence-electron chi connectivity index (χ4n) is 1.57. The van der Waals surface area contributed by atoms with Crippen LogP contribution in [0.25, 0.3) is 0 Å². The van der Waals surface area contributed by atoms with Gasteiger partial charge < -0.3 is 5.11 Å². The normalized spacial score (nSPS) is 11.4. The number of benzene rings is 1. The van der Waals surface area contributed by atoms with Crippen LogP contribution in [0.15, 0.2) is 45.1 Å². The van der Waals surface area contributed by atoms with Gasteiger partial charge in [-0.1, -0.05) is 28.1 Å². The van der Waals surface area contributed by atoms with Gasteiger partial charge in [-0.25, -0.2) is 17.9 Å². The van der Waals surface area contributed by atoms with Crippen molar-refractivity contribution in [3.05, 3.63) is 50.6 Å². The summed E-state index contributed by atoms with van der Waals surface area (Å²) in [6, 6.07) is 8.48. The number of aromatic carboxylic acids is 1. The molecule has 1 aromatic carbocycles. The van der Waals surface area contributed by atoms with E-state index < -0.39 is 16.0 Å². The Morgan fingerprint density at radius 3 is 2.75 bits per heavy atom. The smallest absolute Gasteiger partial charge is 0.347 e. The second kappa shape index (κ2) is 6.04. The molecule has 20 heavy (non-hydrogen) atoms. The van der Waals surface area contributed by atoms with Crippen LogP contribution in [0.4, 0.5) is 0 Å². The molecule has 1 aromatic heterocycles. The molecule has 0 amide bonds. The van der Waals surface area contributed by atoms with Crippen molar-refractivity contribution >= 4 is 43.3 Å². The molecular formula is C12H10BrNO4S2. The molecule has 0 spiro atoms. The molecule has 8 heteroatoms. The molecule has 106 valence electrons. The lowest BCUT2D eigenvalue weighted by atomic mass is 10.2. The molecule has 0 atom stereocenters. The summed E-state index contributed by atoms with van der Waals surface area (Å²) >= 11 is 4.18. The number of hydrogen-bond donors (Lipinski definition) is 2. The SMILES string of the molecule is O=C(O)c1sccc1S(=O)(=O)NCc1cccc(Br)c1. The van der Waals surface area contributed by atoms with E-state index in [1.54, 1.807) is 18.2 Å². The monoisotopic (exact) mass is 375 g/mol. The molecular weight excluding hydrogens is 366 g/mol. The van der Waals surface area contributed by atoms with E-state index >= 15 is 0 Å². The van der Waals surface area contributed by atoms with Crippen LogP contribution in [0, 0.1) is 0 Å². The van der Waals surface area contributed by atoms with Crippen LogP contribution >= 0.6 is 27.3 Å². The molecule has 0 saturated heterocycles. The Morgan fingerprint density at radius 1 is 1.35 bits per heavy atom. The minimum Gasteiger partial charge on any atom is -0.477 e. The first-order chi connectivity index (χ1) is 9.40. The molecule has 0 bridgehead atoms. The molecule has 2 aromatic rings. The third kappa shape index (κ3) is 3.45. The molecule has 5 nitrogen and oxygen atoms in total. The van der Waals surface area contributed by atoms with Gasteiger partial charge in [-0.2, -0.15) is 0 Å². The Labute approximate surface area is 128 Å². The number of rotatable bonds is 5. The van der Waals surface area contributed by atoms with Gasteiger partial charge in [-0.15, -0.1) is 11.3 Å². The first-order valence-corrected chi connectivity index (χ1v) is 8.60. The number of thiophene rings is 1. The number of carboxylic acid groups (broad SMARTS) is 1. The summed E-state index contributed by atoms with van der Waals surface area (Å²) in [6.07, 6.45) is 0. The summed E-state index contributed by atoms with van der Waals surface area (Å²) in [5.41, 5.74) is 0.773. The largest absolute Gasteiger partial charge is 0.477 e. The maximum atomic E-state index is 12.1. The van der Waals surface area contributed by atoms with Gasteiger partial charge in [0.05, 0.1) is 0 Å². The Kier molecular flexibility index (Phi) is 4.59. The predicted molar refractivity (Wildman–Crippen MR) is 79.4 cm³/mol. The predicted octanol–water partition coefficient (Wildman–Crippen LogP) is 2.69. The van der Waals surface area contributed by atoms with Crippen LogP contribution in [0.1, 0.15) is 15.2 Å². The van der Waals surface area contributed by atoms with Crippen molar-refractivity contribution in [2.45, 2.75) is 11.4 Å². The lowest BCUT2D eigenvalue weighted by molar-refractivity contribution is 0.0698. The molecule has 2 N–H and O–H groups in total. The fourth-order valence-corrected chi connectivity index (χ4v) is 4.29. The van der Waals surface area contributed by atoms with Gasteiger partial charge in [0.2, 0.25) is 10.0 Å². The number of sulfonamides is 1. The van der Waals surface area contributed by atoms with E-state index in [2.05, 4.69) is 20.7 Å². The third-order valence-electron chi connectivity index (χ3n) is 2.47. The molecule has 0 radical (unpaired) electrons. The van der Waals surface area contributed by atoms with Crippen LogP contribution in [-0.4, -0.2) is 19.5 Å². The maximum Gasteiger partial charge on any atom is 0.347 e. The molecule has 0 aliphatic heterocycles. The van der Waals surface area contributed by atoms with E-state index in [9.17, 15) is 13.2 Å². The lowest BCUT2D eigenvalue weighted by Crippen LogP contribution is -2.24. The van der Waals surface area contributed by atoms with Crippen molar-refractivity contribution in [3.8, 4) is 0 Å². The fraction of sp³-hybridized carbons (Fsp3) is 0.0833. The van der Waals surface area contributed by atoms with E-state index in [0.717, 1.165) is 21.4 Å². The minimum atomic E-state index is -3.84. The Balaban J connectivity index is 2.19. The average Bonchev–Trinajstić information content (AvgIpc) is 2.87. The highest BCUT2D eigenvalue weighted by molar-refractivity contribution is 9.10. The standard InChI is InChI=1S/C12H10BrNO4S2/c13-9-3-1-2-8(6-9)7-14-20(17,18)10-4-5-19-11(10)12(15)16/h1-6,14H,7H2,(H,15,16). The number of carbonyl (C=O) groups is 1. The van der Waals surface area contributed by atoms with Crippen LogP contribution in [0.2, 0.25) is 0 Å². The zero-order valence-electron chi connectivity index (χ0n) is 10.0. The van der Waals surface area contributed by atoms with E-state index in [1.165, 1.54) is 11.4 Å². The van der Waals surface area contributed by atoms with Gasteiger partial charge in [0.1, 0.15) is 9.77 Å². The van der Waals surface area contributed by atoms with Gasteiger partial charge in [0, 0.05) is 11.0 Å². The van der Waals surface area contributed by atoms with E-state index in [4.69, 9.17) is 5.11 Å². The minimum absolute atomic E-state index is 0.0939. The van der Waals surface area contributed by atoms with Crippen LogP contribution in [0.5, 0.6) is 0 Å². The lowest BCUT2D eigenvalue weighted by Gasteiger charge is -2.06. The van der Waals surface area contributed by atoms with Crippen molar-refractivity contribution in [1.82, 2.24) is 4.72 Å². The second-order valence-electron chi connectivity index (χ2n) is 3.87. The molecule has 0 saturated carbocycles. The number of carboxylic acids is 1. The van der Waals surface area contributed by atoms with Gasteiger partial charge in [0.15, 0.2) is 0 Å². The molecule has 1 heterocycles. The van der Waals surface area contributed by atoms with Gasteiger partial charge in [-0.05, 0) is 29.1 Å². The molecule has 2 rings (SSSR count). The summed E-state index contributed by atoms with van der Waals surface area (Å²) < 4.78 is 27.4. The van der Waals surface area contributed by atoms with Gasteiger partial charge in [-0.3, -0.25) is 0 Å². The van der Waals surface area contributed by atoms with Crippen molar-refractivity contribution < 1.29 is 18.3 Å². The zero-order valence-corrected chi connectivity index (χ0v) is 13.3. The molecule has 0 unspecified atom stereocenters. The summed E-state index contributed by atoms with van der Waals surface area (Å²) in [5, 5.41) is 10.4. The molecule has 0 fully saturated rings. The summed E-state index contributed by atoms with van der Waals surface area (Å²) in [7, 11) is -3.84. The topological polar surface area (TPSA) is 83.5 Å². The van der Waals surface area contributed by atoms with E-state index in [0.29, 0.717) is 0 Å². The maximum absolute atomic E-state index is 12.1. The van der Waals surface area contributed by atoms with Gasteiger partial charge >= 0.3 is 5.97 Å². The average molecular weight is 376 g/mol. The Hall–Kier alpha value is -1.22. The van der Waals surface area contributed by atoms with E-state index in [-0.39, 0.29) is 16.3 Å². The van der Waals surface area contributed by atoms with Gasteiger partial charge in [0.25, 0.3) is 0 Å². The summed E-state index contributed by atoms with van der Waals surface area (Å²) in [5.74, 6) is -1.25. The first kappa shape index (κ1) is 15.2. The number of hydrogen-bond acceptors (Lipinski definition) is 4. The third-order valence-corrected chi connectivity index (χ3v) is 5.44. The highest BCUT2D eigenvalue weighted by atomic mass is 79.9. The number of nitrogens with one attached hydrogen (secondary N) is 1. The Bertz CT molecular complexity index is 739.